The molecule has 1 rings (SSSR count). The van der Waals surface area contributed by atoms with Crippen LogP contribution in [0.4, 0.5) is 11.6 Å². The van der Waals surface area contributed by atoms with Gasteiger partial charge in [0.1, 0.15) is 17.5 Å². The highest BCUT2D eigenvalue weighted by atomic mass is 15.2. The number of nitrogens with zero attached hydrogens (tertiary/aromatic N) is 3. The first-order valence-electron chi connectivity index (χ1n) is 7.63. The van der Waals surface area contributed by atoms with Gasteiger partial charge >= 0.3 is 0 Å². The molecule has 0 saturated heterocycles. The van der Waals surface area contributed by atoms with Gasteiger partial charge in [-0.2, -0.15) is 0 Å². The molecule has 5 nitrogen and oxygen atoms in total. The number of aromatic nitrogens is 2. The molecular weight excluding hydrogens is 250 g/mol. The number of aryl methyl sites for hydroxylation is 1. The second kappa shape index (κ2) is 8.04. The number of hydrogen-bond acceptors (Lipinski definition) is 5. The third-order valence-corrected chi connectivity index (χ3v) is 3.51. The molecule has 114 valence electrons. The van der Waals surface area contributed by atoms with Crippen molar-refractivity contribution < 1.29 is 0 Å². The van der Waals surface area contributed by atoms with Crippen LogP contribution >= 0.6 is 0 Å². The number of likely N-dealkylation sites (N-methyl/N-ethyl adjacent to an activating group) is 1. The number of hydrogen-bond donors (Lipinski definition) is 2. The third kappa shape index (κ3) is 4.63. The smallest absolute Gasteiger partial charge is 0.135 e. The summed E-state index contributed by atoms with van der Waals surface area (Å²) in [4.78, 5) is 11.3. The highest BCUT2D eigenvalue weighted by Crippen LogP contribution is 2.18. The summed E-state index contributed by atoms with van der Waals surface area (Å²) in [6.45, 7) is 13.8. The lowest BCUT2D eigenvalue weighted by Crippen LogP contribution is -2.35. The Hall–Kier alpha value is -1.36. The van der Waals surface area contributed by atoms with Gasteiger partial charge in [-0.15, -0.1) is 0 Å². The lowest BCUT2D eigenvalue weighted by molar-refractivity contribution is 0.294. The van der Waals surface area contributed by atoms with Crippen LogP contribution in [0.3, 0.4) is 0 Å². The van der Waals surface area contributed by atoms with Gasteiger partial charge in [0.05, 0.1) is 0 Å². The van der Waals surface area contributed by atoms with Crippen molar-refractivity contribution in [3.63, 3.8) is 0 Å². The molecule has 0 radical (unpaired) electrons. The monoisotopic (exact) mass is 279 g/mol. The van der Waals surface area contributed by atoms with E-state index in [0.29, 0.717) is 11.9 Å². The van der Waals surface area contributed by atoms with E-state index in [2.05, 4.69) is 47.9 Å². The van der Waals surface area contributed by atoms with E-state index in [-0.39, 0.29) is 0 Å². The van der Waals surface area contributed by atoms with Crippen molar-refractivity contribution in [2.75, 3.05) is 30.7 Å². The van der Waals surface area contributed by atoms with E-state index in [0.717, 1.165) is 49.7 Å². The lowest BCUT2D eigenvalue weighted by atomic mass is 10.2. The lowest BCUT2D eigenvalue weighted by Gasteiger charge is -2.24. The van der Waals surface area contributed by atoms with Crippen molar-refractivity contribution in [1.29, 1.82) is 0 Å². The number of anilines is 2. The van der Waals surface area contributed by atoms with E-state index in [1.54, 1.807) is 0 Å². The Morgan fingerprint density at radius 1 is 1.20 bits per heavy atom. The molecule has 1 aromatic heterocycles. The summed E-state index contributed by atoms with van der Waals surface area (Å²) in [6, 6.07) is 0.331. The van der Waals surface area contributed by atoms with Crippen molar-refractivity contribution in [3.05, 3.63) is 11.4 Å². The first-order valence-corrected chi connectivity index (χ1v) is 7.63. The molecule has 0 fully saturated rings. The number of rotatable bonds is 8. The SMILES string of the molecule is CCCc1nc(N)c(C)c(NC(C)CN(CC)CC)n1. The summed E-state index contributed by atoms with van der Waals surface area (Å²) in [5.74, 6) is 2.29. The van der Waals surface area contributed by atoms with Crippen LogP contribution in [0, 0.1) is 6.92 Å². The normalized spacial score (nSPS) is 12.7. The van der Waals surface area contributed by atoms with Gasteiger partial charge < -0.3 is 16.0 Å². The summed E-state index contributed by atoms with van der Waals surface area (Å²) >= 11 is 0. The average molecular weight is 279 g/mol. The number of nitrogen functional groups attached to an aromatic ring is 1. The zero-order valence-corrected chi connectivity index (χ0v) is 13.5. The number of nitrogens with one attached hydrogen (secondary N) is 1. The Kier molecular flexibility index (Phi) is 6.71. The highest BCUT2D eigenvalue weighted by molar-refractivity contribution is 5.55. The van der Waals surface area contributed by atoms with Crippen molar-refractivity contribution in [3.8, 4) is 0 Å². The fourth-order valence-electron chi connectivity index (χ4n) is 2.21. The Bertz CT molecular complexity index is 415. The Morgan fingerprint density at radius 2 is 1.85 bits per heavy atom. The van der Waals surface area contributed by atoms with Crippen LogP contribution in [0.15, 0.2) is 0 Å². The largest absolute Gasteiger partial charge is 0.383 e. The highest BCUT2D eigenvalue weighted by Gasteiger charge is 2.12. The van der Waals surface area contributed by atoms with Crippen LogP contribution in [-0.4, -0.2) is 40.5 Å². The molecule has 0 aromatic carbocycles. The molecule has 0 aliphatic rings. The fraction of sp³-hybridized carbons (Fsp3) is 0.733. The van der Waals surface area contributed by atoms with Gasteiger partial charge in [-0.1, -0.05) is 20.8 Å². The van der Waals surface area contributed by atoms with E-state index in [1.165, 1.54) is 0 Å². The molecule has 20 heavy (non-hydrogen) atoms. The quantitative estimate of drug-likeness (QED) is 0.765. The molecule has 1 aromatic rings. The van der Waals surface area contributed by atoms with E-state index in [1.807, 2.05) is 6.92 Å². The maximum atomic E-state index is 5.98. The predicted molar refractivity (Wildman–Crippen MR) is 86.0 cm³/mol. The van der Waals surface area contributed by atoms with Crippen molar-refractivity contribution in [2.45, 2.75) is 53.5 Å². The molecule has 0 amide bonds. The minimum atomic E-state index is 0.331. The Labute approximate surface area is 123 Å². The van der Waals surface area contributed by atoms with E-state index in [4.69, 9.17) is 5.73 Å². The Balaban J connectivity index is 2.80. The van der Waals surface area contributed by atoms with Crippen LogP contribution in [0.5, 0.6) is 0 Å². The zero-order chi connectivity index (χ0) is 15.1. The summed E-state index contributed by atoms with van der Waals surface area (Å²) < 4.78 is 0. The zero-order valence-electron chi connectivity index (χ0n) is 13.5. The summed E-state index contributed by atoms with van der Waals surface area (Å²) in [7, 11) is 0. The summed E-state index contributed by atoms with van der Waals surface area (Å²) in [5, 5.41) is 3.48. The van der Waals surface area contributed by atoms with Gasteiger partial charge in [0.2, 0.25) is 0 Å². The van der Waals surface area contributed by atoms with Crippen LogP contribution in [0.25, 0.3) is 0 Å². The average Bonchev–Trinajstić information content (AvgIpc) is 2.42. The first-order chi connectivity index (χ1) is 9.51. The standard InChI is InChI=1S/C15H29N5/c1-6-9-13-18-14(16)12(5)15(19-13)17-11(4)10-20(7-2)8-3/h11H,6-10H2,1-5H3,(H3,16,17,18,19). The summed E-state index contributed by atoms with van der Waals surface area (Å²) in [5.41, 5.74) is 6.92. The summed E-state index contributed by atoms with van der Waals surface area (Å²) in [6.07, 6.45) is 1.89. The van der Waals surface area contributed by atoms with E-state index >= 15 is 0 Å². The van der Waals surface area contributed by atoms with Gasteiger partial charge in [0, 0.05) is 24.6 Å². The maximum Gasteiger partial charge on any atom is 0.135 e. The molecule has 0 spiro atoms. The molecule has 0 aliphatic carbocycles. The number of nitrogens with two attached hydrogens (primary N) is 1. The van der Waals surface area contributed by atoms with Gasteiger partial charge in [-0.25, -0.2) is 9.97 Å². The molecule has 3 N–H and O–H groups in total. The molecule has 5 heteroatoms. The predicted octanol–water partition coefficient (Wildman–Crippen LogP) is 2.46. The van der Waals surface area contributed by atoms with Crippen LogP contribution in [0.2, 0.25) is 0 Å². The fourth-order valence-corrected chi connectivity index (χ4v) is 2.21. The minimum absolute atomic E-state index is 0.331. The molecule has 0 saturated carbocycles. The van der Waals surface area contributed by atoms with Crippen molar-refractivity contribution in [1.82, 2.24) is 14.9 Å². The Morgan fingerprint density at radius 3 is 2.40 bits per heavy atom. The molecule has 1 unspecified atom stereocenters. The molecular formula is C15H29N5. The van der Waals surface area contributed by atoms with E-state index in [9.17, 15) is 0 Å². The van der Waals surface area contributed by atoms with Gasteiger partial charge in [0.15, 0.2) is 0 Å². The van der Waals surface area contributed by atoms with Crippen LogP contribution in [0.1, 0.15) is 45.5 Å². The van der Waals surface area contributed by atoms with Gasteiger partial charge in [0.25, 0.3) is 0 Å². The van der Waals surface area contributed by atoms with Crippen LogP contribution < -0.4 is 11.1 Å². The minimum Gasteiger partial charge on any atom is -0.383 e. The van der Waals surface area contributed by atoms with Gasteiger partial charge in [-0.05, 0) is 33.4 Å². The van der Waals surface area contributed by atoms with Crippen LogP contribution in [-0.2, 0) is 6.42 Å². The topological polar surface area (TPSA) is 67.1 Å². The molecule has 1 atom stereocenters. The third-order valence-electron chi connectivity index (χ3n) is 3.51. The maximum absolute atomic E-state index is 5.98. The molecule has 1 heterocycles. The second-order valence-corrected chi connectivity index (χ2v) is 5.28. The van der Waals surface area contributed by atoms with Gasteiger partial charge in [-0.3, -0.25) is 0 Å². The molecule has 0 bridgehead atoms. The first kappa shape index (κ1) is 16.7. The second-order valence-electron chi connectivity index (χ2n) is 5.28. The van der Waals surface area contributed by atoms with E-state index < -0.39 is 0 Å². The van der Waals surface area contributed by atoms with Crippen molar-refractivity contribution in [2.24, 2.45) is 0 Å². The molecule has 0 aliphatic heterocycles. The van der Waals surface area contributed by atoms with Crippen molar-refractivity contribution >= 4 is 11.6 Å².